The van der Waals surface area contributed by atoms with E-state index in [0.29, 0.717) is 22.9 Å². The number of nitrogens with zero attached hydrogens (tertiary/aromatic N) is 5. The monoisotopic (exact) mass is 353 g/mol. The van der Waals surface area contributed by atoms with E-state index in [2.05, 4.69) is 15.0 Å². The average Bonchev–Trinajstić information content (AvgIpc) is 3.07. The third-order valence-electron chi connectivity index (χ3n) is 3.95. The van der Waals surface area contributed by atoms with Gasteiger partial charge in [-0.15, -0.1) is 0 Å². The lowest BCUT2D eigenvalue weighted by atomic mass is 10.1. The molecule has 0 spiro atoms. The van der Waals surface area contributed by atoms with Crippen molar-refractivity contribution in [1.82, 2.24) is 19.5 Å². The van der Waals surface area contributed by atoms with Gasteiger partial charge in [0, 0.05) is 37.6 Å². The maximum absolute atomic E-state index is 11.6. The Balaban J connectivity index is 2.19. The van der Waals surface area contributed by atoms with Gasteiger partial charge >= 0.3 is 5.97 Å². The highest BCUT2D eigenvalue weighted by atomic mass is 16.4. The summed E-state index contributed by atoms with van der Waals surface area (Å²) in [5.41, 5.74) is 2.60. The number of carboxylic acids is 1. The van der Waals surface area contributed by atoms with E-state index in [-0.39, 0.29) is 0 Å². The molecule has 0 amide bonds. The van der Waals surface area contributed by atoms with Crippen LogP contribution < -0.4 is 4.90 Å². The first-order valence-corrected chi connectivity index (χ1v) is 7.98. The largest absolute Gasteiger partial charge is 0.480 e. The lowest BCUT2D eigenvalue weighted by molar-refractivity contribution is -0.142. The summed E-state index contributed by atoms with van der Waals surface area (Å²) in [6.07, 6.45) is 4.67. The molecule has 134 valence electrons. The molecular weight excluding hydrogens is 334 g/mol. The van der Waals surface area contributed by atoms with Gasteiger partial charge in [-0.05, 0) is 0 Å². The Labute approximate surface area is 150 Å². The normalized spacial score (nSPS) is 12.0. The molecule has 0 saturated carbocycles. The van der Waals surface area contributed by atoms with E-state index in [1.165, 1.54) is 10.9 Å². The Morgan fingerprint density at radius 3 is 2.31 bits per heavy atom. The molecule has 0 bridgehead atoms. The number of aliphatic hydroxyl groups is 1. The molecule has 2 heterocycles. The Hall–Kier alpha value is -3.26. The molecule has 1 atom stereocenters. The van der Waals surface area contributed by atoms with Crippen LogP contribution in [0.4, 0.5) is 5.95 Å². The van der Waals surface area contributed by atoms with Crippen LogP contribution in [0.25, 0.3) is 22.5 Å². The number of carbonyl (C=O) groups is 1. The minimum Gasteiger partial charge on any atom is -0.480 e. The molecule has 2 aromatic heterocycles. The van der Waals surface area contributed by atoms with Gasteiger partial charge in [-0.1, -0.05) is 30.3 Å². The summed E-state index contributed by atoms with van der Waals surface area (Å²) < 4.78 is 1.44. The number of aromatic nitrogens is 4. The second-order valence-corrected chi connectivity index (χ2v) is 5.92. The van der Waals surface area contributed by atoms with E-state index in [0.717, 1.165) is 5.56 Å². The maximum atomic E-state index is 11.6. The Morgan fingerprint density at radius 2 is 1.77 bits per heavy atom. The molecular formula is C18H19N5O3. The van der Waals surface area contributed by atoms with E-state index < -0.39 is 18.6 Å². The third-order valence-corrected chi connectivity index (χ3v) is 3.95. The average molecular weight is 353 g/mol. The van der Waals surface area contributed by atoms with Gasteiger partial charge in [0.15, 0.2) is 6.04 Å². The van der Waals surface area contributed by atoms with Gasteiger partial charge in [0.25, 0.3) is 0 Å². The van der Waals surface area contributed by atoms with Gasteiger partial charge in [-0.2, -0.15) is 0 Å². The maximum Gasteiger partial charge on any atom is 0.329 e. The highest BCUT2D eigenvalue weighted by Crippen LogP contribution is 2.33. The van der Waals surface area contributed by atoms with Crippen molar-refractivity contribution >= 4 is 11.9 Å². The number of hydrogen-bond donors (Lipinski definition) is 2. The fourth-order valence-electron chi connectivity index (χ4n) is 2.65. The van der Waals surface area contributed by atoms with Crippen molar-refractivity contribution in [2.45, 2.75) is 6.04 Å². The van der Waals surface area contributed by atoms with Crippen molar-refractivity contribution in [3.05, 3.63) is 49.1 Å². The number of aliphatic carboxylic acids is 1. The van der Waals surface area contributed by atoms with Gasteiger partial charge in [0.2, 0.25) is 5.95 Å². The number of carboxylic acid groups (broad SMARTS) is 1. The standard InChI is InChI=1S/C18H19N5O3/c1-22(2)18-19-8-13(9-20-18)16-15(12-6-4-3-5-7-12)21-11-23(16)14(10-24)17(25)26/h3-9,11,14,24H,10H2,1-2H3,(H,25,26). The predicted octanol–water partition coefficient (Wildman–Crippen LogP) is 1.69. The number of anilines is 1. The first-order chi connectivity index (χ1) is 12.5. The molecule has 0 saturated heterocycles. The summed E-state index contributed by atoms with van der Waals surface area (Å²) in [6, 6.07) is 8.28. The van der Waals surface area contributed by atoms with Crippen LogP contribution in [0.5, 0.6) is 0 Å². The van der Waals surface area contributed by atoms with Gasteiger partial charge < -0.3 is 19.7 Å². The molecule has 0 aliphatic rings. The molecule has 0 radical (unpaired) electrons. The molecule has 0 aliphatic carbocycles. The van der Waals surface area contributed by atoms with Crippen LogP contribution in [0.3, 0.4) is 0 Å². The van der Waals surface area contributed by atoms with Crippen LogP contribution in [0, 0.1) is 0 Å². The summed E-state index contributed by atoms with van der Waals surface area (Å²) in [6.45, 7) is -0.552. The van der Waals surface area contributed by atoms with Crippen LogP contribution in [-0.2, 0) is 4.79 Å². The van der Waals surface area contributed by atoms with Crippen molar-refractivity contribution in [3.63, 3.8) is 0 Å². The number of hydrogen-bond acceptors (Lipinski definition) is 6. The van der Waals surface area contributed by atoms with Crippen LogP contribution in [0.1, 0.15) is 6.04 Å². The van der Waals surface area contributed by atoms with Gasteiger partial charge in [-0.25, -0.2) is 19.7 Å². The molecule has 8 nitrogen and oxygen atoms in total. The number of imidazole rings is 1. The van der Waals surface area contributed by atoms with E-state index in [1.54, 1.807) is 17.3 Å². The fraction of sp³-hybridized carbons (Fsp3) is 0.222. The SMILES string of the molecule is CN(C)c1ncc(-c2c(-c3ccccc3)ncn2C(CO)C(=O)O)cn1. The summed E-state index contributed by atoms with van der Waals surface area (Å²) >= 11 is 0. The minimum atomic E-state index is -1.15. The molecule has 0 fully saturated rings. The van der Waals surface area contributed by atoms with E-state index in [4.69, 9.17) is 0 Å². The second kappa shape index (κ2) is 7.32. The minimum absolute atomic E-state index is 0.540. The summed E-state index contributed by atoms with van der Waals surface area (Å²) in [5, 5.41) is 19.0. The van der Waals surface area contributed by atoms with Crippen molar-refractivity contribution in [3.8, 4) is 22.5 Å². The smallest absolute Gasteiger partial charge is 0.329 e. The fourth-order valence-corrected chi connectivity index (χ4v) is 2.65. The van der Waals surface area contributed by atoms with Crippen LogP contribution >= 0.6 is 0 Å². The zero-order valence-electron chi connectivity index (χ0n) is 14.4. The molecule has 3 rings (SSSR count). The molecule has 2 N–H and O–H groups in total. The summed E-state index contributed by atoms with van der Waals surface area (Å²) in [5.74, 6) is -0.602. The Bertz CT molecular complexity index is 891. The Morgan fingerprint density at radius 1 is 1.12 bits per heavy atom. The molecule has 1 aromatic carbocycles. The molecule has 8 heteroatoms. The van der Waals surface area contributed by atoms with Crippen molar-refractivity contribution < 1.29 is 15.0 Å². The zero-order chi connectivity index (χ0) is 18.7. The van der Waals surface area contributed by atoms with E-state index in [1.807, 2.05) is 44.4 Å². The first-order valence-electron chi connectivity index (χ1n) is 7.98. The third kappa shape index (κ3) is 3.27. The molecule has 1 unspecified atom stereocenters. The van der Waals surface area contributed by atoms with Crippen molar-refractivity contribution in [2.75, 3.05) is 25.6 Å². The molecule has 26 heavy (non-hydrogen) atoms. The second-order valence-electron chi connectivity index (χ2n) is 5.92. The topological polar surface area (TPSA) is 104 Å². The van der Waals surface area contributed by atoms with Crippen molar-refractivity contribution in [1.29, 1.82) is 0 Å². The lowest BCUT2D eigenvalue weighted by Crippen LogP contribution is -2.22. The zero-order valence-corrected chi connectivity index (χ0v) is 14.4. The lowest BCUT2D eigenvalue weighted by Gasteiger charge is -2.16. The van der Waals surface area contributed by atoms with Gasteiger partial charge in [-0.3, -0.25) is 0 Å². The summed E-state index contributed by atoms with van der Waals surface area (Å²) in [7, 11) is 3.67. The van der Waals surface area contributed by atoms with Crippen LogP contribution in [-0.4, -0.2) is 56.4 Å². The highest BCUT2D eigenvalue weighted by Gasteiger charge is 2.25. The van der Waals surface area contributed by atoms with E-state index >= 15 is 0 Å². The quantitative estimate of drug-likeness (QED) is 0.695. The molecule has 0 aliphatic heterocycles. The Kier molecular flexibility index (Phi) is 4.94. The van der Waals surface area contributed by atoms with E-state index in [9.17, 15) is 15.0 Å². The summed E-state index contributed by atoms with van der Waals surface area (Å²) in [4.78, 5) is 26.3. The van der Waals surface area contributed by atoms with Gasteiger partial charge in [0.05, 0.1) is 24.3 Å². The number of rotatable bonds is 6. The van der Waals surface area contributed by atoms with Crippen LogP contribution in [0.15, 0.2) is 49.1 Å². The van der Waals surface area contributed by atoms with Gasteiger partial charge in [0.1, 0.15) is 0 Å². The molecule has 3 aromatic rings. The predicted molar refractivity (Wildman–Crippen MR) is 96.8 cm³/mol. The van der Waals surface area contributed by atoms with Crippen molar-refractivity contribution in [2.24, 2.45) is 0 Å². The van der Waals surface area contributed by atoms with Crippen LogP contribution in [0.2, 0.25) is 0 Å². The first kappa shape index (κ1) is 17.6. The number of benzene rings is 1. The highest BCUT2D eigenvalue weighted by molar-refractivity contribution is 5.80. The number of aliphatic hydroxyl groups excluding tert-OH is 1.